The van der Waals surface area contributed by atoms with Gasteiger partial charge in [0.25, 0.3) is 0 Å². The molecule has 3 nitrogen and oxygen atoms in total. The van der Waals surface area contributed by atoms with Crippen LogP contribution in [0.4, 0.5) is 0 Å². The fourth-order valence-corrected chi connectivity index (χ4v) is 5.48. The third-order valence-corrected chi connectivity index (χ3v) is 7.90. The third-order valence-electron chi connectivity index (χ3n) is 7.90. The van der Waals surface area contributed by atoms with Gasteiger partial charge in [0.05, 0.1) is 12.2 Å². The lowest BCUT2D eigenvalue weighted by molar-refractivity contribution is -0.144. The Morgan fingerprint density at radius 2 is 1.59 bits per heavy atom. The van der Waals surface area contributed by atoms with Gasteiger partial charge < -0.3 is 9.47 Å². The first-order chi connectivity index (χ1) is 15.5. The van der Waals surface area contributed by atoms with Crippen molar-refractivity contribution in [2.45, 2.75) is 109 Å². The molecule has 3 saturated carbocycles. The predicted molar refractivity (Wildman–Crippen MR) is 132 cm³/mol. The van der Waals surface area contributed by atoms with Crippen LogP contribution in [0.2, 0.25) is 0 Å². The smallest absolute Gasteiger partial charge is 0.305 e. The monoisotopic (exact) mass is 440 g/mol. The molecule has 0 amide bonds. The molecule has 178 valence electrons. The highest BCUT2D eigenvalue weighted by Crippen LogP contribution is 2.55. The normalized spacial score (nSPS) is 24.4. The largest absolute Gasteiger partial charge is 0.466 e. The van der Waals surface area contributed by atoms with Crippen molar-refractivity contribution in [3.63, 3.8) is 0 Å². The van der Waals surface area contributed by atoms with E-state index < -0.39 is 0 Å². The number of hydrogen-bond donors (Lipinski definition) is 0. The van der Waals surface area contributed by atoms with Gasteiger partial charge in [0.15, 0.2) is 0 Å². The molecule has 0 aromatic heterocycles. The van der Waals surface area contributed by atoms with Crippen LogP contribution in [0.25, 0.3) is 0 Å². The number of hydrogen-bond acceptors (Lipinski definition) is 3. The van der Waals surface area contributed by atoms with Crippen molar-refractivity contribution >= 4 is 5.97 Å². The summed E-state index contributed by atoms with van der Waals surface area (Å²) in [5, 5.41) is 0. The minimum atomic E-state index is -0.0705. The van der Waals surface area contributed by atoms with Crippen molar-refractivity contribution in [3.05, 3.63) is 48.0 Å². The van der Waals surface area contributed by atoms with Crippen molar-refractivity contribution < 1.29 is 14.3 Å². The maximum absolute atomic E-state index is 11.6. The van der Waals surface area contributed by atoms with Crippen molar-refractivity contribution in [2.75, 3.05) is 13.2 Å². The second-order valence-corrected chi connectivity index (χ2v) is 10.3. The minimum absolute atomic E-state index is 0.0705. The zero-order valence-electron chi connectivity index (χ0n) is 20.3. The van der Waals surface area contributed by atoms with Crippen LogP contribution in [0, 0.1) is 12.3 Å². The first-order valence-corrected chi connectivity index (χ1v) is 13.0. The van der Waals surface area contributed by atoms with E-state index in [9.17, 15) is 4.79 Å². The summed E-state index contributed by atoms with van der Waals surface area (Å²) >= 11 is 0. The summed E-state index contributed by atoms with van der Waals surface area (Å²) in [5.41, 5.74) is 3.58. The van der Waals surface area contributed by atoms with Crippen LogP contribution in [-0.2, 0) is 20.7 Å². The molecule has 0 N–H and O–H groups in total. The van der Waals surface area contributed by atoms with E-state index in [4.69, 9.17) is 9.47 Å². The molecule has 1 aromatic carbocycles. The quantitative estimate of drug-likeness (QED) is 0.161. The Morgan fingerprint density at radius 3 is 2.25 bits per heavy atom. The number of ether oxygens (including phenoxy) is 2. The maximum Gasteiger partial charge on any atom is 0.305 e. The van der Waals surface area contributed by atoms with Crippen molar-refractivity contribution in [2.24, 2.45) is 5.41 Å². The summed E-state index contributed by atoms with van der Waals surface area (Å²) < 4.78 is 11.8. The van der Waals surface area contributed by atoms with Crippen LogP contribution >= 0.6 is 0 Å². The molecule has 0 radical (unpaired) electrons. The summed E-state index contributed by atoms with van der Waals surface area (Å²) in [7, 11) is 0. The van der Waals surface area contributed by atoms with Gasteiger partial charge >= 0.3 is 5.97 Å². The summed E-state index contributed by atoms with van der Waals surface area (Å²) in [6.45, 7) is 7.28. The number of carbonyl (C=O) groups is 1. The highest BCUT2D eigenvalue weighted by Gasteiger charge is 2.48. The average Bonchev–Trinajstić information content (AvgIpc) is 2.82. The van der Waals surface area contributed by atoms with E-state index in [2.05, 4.69) is 37.8 Å². The Bertz CT molecular complexity index is 681. The van der Waals surface area contributed by atoms with Crippen LogP contribution in [0.1, 0.15) is 101 Å². The van der Waals surface area contributed by atoms with Gasteiger partial charge in [0.1, 0.15) is 0 Å². The summed E-state index contributed by atoms with van der Waals surface area (Å²) in [6, 6.07) is 9.09. The number of carbonyl (C=O) groups excluding carboxylic acids is 1. The highest BCUT2D eigenvalue weighted by molar-refractivity contribution is 5.69. The second kappa shape index (κ2) is 12.6. The van der Waals surface area contributed by atoms with Crippen molar-refractivity contribution in [1.29, 1.82) is 0 Å². The van der Waals surface area contributed by atoms with Crippen LogP contribution in [0.5, 0.6) is 0 Å². The standard InChI is InChI=1S/C29H44O3/c1-3-4-7-10-27(30)31-23-8-5-6-9-24-32-29-20-17-28(18-21-29,19-22-29)16-15-26-13-11-25(2)12-14-26/h3,11-14H,1,4-10,15-24H2,2H3. The van der Waals surface area contributed by atoms with Crippen molar-refractivity contribution in [1.82, 2.24) is 0 Å². The molecule has 3 aliphatic carbocycles. The molecular weight excluding hydrogens is 396 g/mol. The molecule has 2 bridgehead atoms. The Kier molecular flexibility index (Phi) is 9.84. The summed E-state index contributed by atoms with van der Waals surface area (Å²) in [4.78, 5) is 11.6. The number of benzene rings is 1. The van der Waals surface area contributed by atoms with Gasteiger partial charge in [-0.1, -0.05) is 42.3 Å². The summed E-state index contributed by atoms with van der Waals surface area (Å²) in [5.74, 6) is -0.0705. The summed E-state index contributed by atoms with van der Waals surface area (Å²) in [6.07, 6.45) is 18.8. The predicted octanol–water partition coefficient (Wildman–Crippen LogP) is 7.50. The Balaban J connectivity index is 1.23. The molecule has 1 aromatic rings. The zero-order valence-corrected chi connectivity index (χ0v) is 20.3. The lowest BCUT2D eigenvalue weighted by Crippen LogP contribution is -2.48. The van der Waals surface area contributed by atoms with E-state index in [0.717, 1.165) is 45.1 Å². The molecule has 0 atom stereocenters. The molecule has 4 rings (SSSR count). The van der Waals surface area contributed by atoms with Gasteiger partial charge in [0.2, 0.25) is 0 Å². The first-order valence-electron chi connectivity index (χ1n) is 13.0. The van der Waals surface area contributed by atoms with E-state index in [1.54, 1.807) is 0 Å². The van der Waals surface area contributed by atoms with Crippen molar-refractivity contribution in [3.8, 4) is 0 Å². The lowest BCUT2D eigenvalue weighted by Gasteiger charge is -2.53. The van der Waals surface area contributed by atoms with E-state index in [-0.39, 0.29) is 11.6 Å². The molecule has 0 aliphatic heterocycles. The lowest BCUT2D eigenvalue weighted by atomic mass is 9.57. The van der Waals surface area contributed by atoms with Gasteiger partial charge in [-0.15, -0.1) is 6.58 Å². The number of unbranched alkanes of at least 4 members (excludes halogenated alkanes) is 4. The molecular formula is C29H44O3. The maximum atomic E-state index is 11.6. The van der Waals surface area contributed by atoms with Crippen LogP contribution in [-0.4, -0.2) is 24.8 Å². The van der Waals surface area contributed by atoms with Gasteiger partial charge in [-0.3, -0.25) is 4.79 Å². The van der Waals surface area contributed by atoms with Crippen LogP contribution in [0.3, 0.4) is 0 Å². The Hall–Kier alpha value is -1.61. The second-order valence-electron chi connectivity index (χ2n) is 10.3. The van der Waals surface area contributed by atoms with Gasteiger partial charge in [0, 0.05) is 13.0 Å². The molecule has 0 unspecified atom stereocenters. The number of aryl methyl sites for hydroxylation is 2. The van der Waals surface area contributed by atoms with E-state index >= 15 is 0 Å². The Labute approximate surface area is 196 Å². The Morgan fingerprint density at radius 1 is 0.938 bits per heavy atom. The number of esters is 1. The number of rotatable bonds is 15. The fourth-order valence-electron chi connectivity index (χ4n) is 5.48. The van der Waals surface area contributed by atoms with E-state index in [0.29, 0.717) is 18.4 Å². The van der Waals surface area contributed by atoms with Gasteiger partial charge in [-0.05, 0) is 101 Å². The molecule has 3 fully saturated rings. The molecule has 0 saturated heterocycles. The SMILES string of the molecule is C=CCCCC(=O)OCCCCCCOC12CCC(CCc3ccc(C)cc3)(CC1)CC2. The molecule has 32 heavy (non-hydrogen) atoms. The average molecular weight is 441 g/mol. The van der Waals surface area contributed by atoms with E-state index in [1.165, 1.54) is 62.5 Å². The van der Waals surface area contributed by atoms with E-state index in [1.807, 2.05) is 6.08 Å². The van der Waals surface area contributed by atoms with Crippen LogP contribution < -0.4 is 0 Å². The fraction of sp³-hybridized carbons (Fsp3) is 0.690. The van der Waals surface area contributed by atoms with Gasteiger partial charge in [-0.25, -0.2) is 0 Å². The third kappa shape index (κ3) is 7.76. The first kappa shape index (κ1) is 25.0. The topological polar surface area (TPSA) is 35.5 Å². The van der Waals surface area contributed by atoms with Gasteiger partial charge in [-0.2, -0.15) is 0 Å². The van der Waals surface area contributed by atoms with Crippen LogP contribution in [0.15, 0.2) is 36.9 Å². The molecule has 0 heterocycles. The molecule has 3 aliphatic rings. The number of allylic oxidation sites excluding steroid dienone is 1. The minimum Gasteiger partial charge on any atom is -0.466 e. The molecule has 0 spiro atoms. The zero-order chi connectivity index (χ0) is 22.7. The highest BCUT2D eigenvalue weighted by atomic mass is 16.5. The number of fused-ring (bicyclic) bond motifs is 3. The molecule has 3 heteroatoms.